The minimum Gasteiger partial charge on any atom is -0.322 e. The SMILES string of the molecule is O=C(Nc1ccc(C(F)(F)F)cc1)c1ccc(F)cc1Cl. The van der Waals surface area contributed by atoms with Crippen LogP contribution in [0.15, 0.2) is 42.5 Å². The lowest BCUT2D eigenvalue weighted by atomic mass is 10.1. The first-order valence-corrected chi connectivity index (χ1v) is 6.09. The zero-order valence-corrected chi connectivity index (χ0v) is 11.1. The second-order valence-electron chi connectivity index (χ2n) is 4.15. The monoisotopic (exact) mass is 317 g/mol. The van der Waals surface area contributed by atoms with Gasteiger partial charge < -0.3 is 5.32 Å². The number of rotatable bonds is 2. The summed E-state index contributed by atoms with van der Waals surface area (Å²) >= 11 is 5.73. The van der Waals surface area contributed by atoms with Crippen molar-refractivity contribution in [1.82, 2.24) is 0 Å². The van der Waals surface area contributed by atoms with E-state index in [-0.39, 0.29) is 16.3 Å². The number of hydrogen-bond donors (Lipinski definition) is 1. The lowest BCUT2D eigenvalue weighted by Gasteiger charge is -2.09. The van der Waals surface area contributed by atoms with Gasteiger partial charge in [0.1, 0.15) is 5.82 Å². The van der Waals surface area contributed by atoms with E-state index >= 15 is 0 Å². The third-order valence-corrected chi connectivity index (χ3v) is 2.96. The van der Waals surface area contributed by atoms with Crippen LogP contribution in [-0.4, -0.2) is 5.91 Å². The van der Waals surface area contributed by atoms with Crippen molar-refractivity contribution in [3.8, 4) is 0 Å². The quantitative estimate of drug-likeness (QED) is 0.796. The first-order chi connectivity index (χ1) is 9.77. The Bertz CT molecular complexity index is 668. The molecule has 0 radical (unpaired) electrons. The summed E-state index contributed by atoms with van der Waals surface area (Å²) in [4.78, 5) is 11.9. The highest BCUT2D eigenvalue weighted by molar-refractivity contribution is 6.34. The minimum atomic E-state index is -4.44. The fourth-order valence-corrected chi connectivity index (χ4v) is 1.87. The maximum absolute atomic E-state index is 12.9. The van der Waals surface area contributed by atoms with Crippen LogP contribution >= 0.6 is 11.6 Å². The smallest absolute Gasteiger partial charge is 0.322 e. The van der Waals surface area contributed by atoms with E-state index in [9.17, 15) is 22.4 Å². The van der Waals surface area contributed by atoms with Crippen LogP contribution in [0.5, 0.6) is 0 Å². The molecule has 1 amide bonds. The Hall–Kier alpha value is -2.08. The van der Waals surface area contributed by atoms with Gasteiger partial charge in [-0.3, -0.25) is 4.79 Å². The van der Waals surface area contributed by atoms with E-state index in [4.69, 9.17) is 11.6 Å². The molecule has 0 atom stereocenters. The Morgan fingerprint density at radius 3 is 2.19 bits per heavy atom. The number of amides is 1. The fraction of sp³-hybridized carbons (Fsp3) is 0.0714. The van der Waals surface area contributed by atoms with Gasteiger partial charge in [0.15, 0.2) is 0 Å². The van der Waals surface area contributed by atoms with Crippen molar-refractivity contribution in [2.75, 3.05) is 5.32 Å². The van der Waals surface area contributed by atoms with Crippen LogP contribution in [-0.2, 0) is 6.18 Å². The summed E-state index contributed by atoms with van der Waals surface area (Å²) in [6, 6.07) is 7.17. The van der Waals surface area contributed by atoms with Crippen molar-refractivity contribution in [2.45, 2.75) is 6.18 Å². The molecule has 0 aromatic heterocycles. The molecule has 0 bridgehead atoms. The van der Waals surface area contributed by atoms with Crippen LogP contribution in [0, 0.1) is 5.82 Å². The van der Waals surface area contributed by atoms with Crippen LogP contribution in [0.1, 0.15) is 15.9 Å². The third-order valence-electron chi connectivity index (χ3n) is 2.65. The van der Waals surface area contributed by atoms with E-state index in [1.165, 1.54) is 6.07 Å². The van der Waals surface area contributed by atoms with Gasteiger partial charge in [0, 0.05) is 5.69 Å². The number of alkyl halides is 3. The average Bonchev–Trinajstić information content (AvgIpc) is 2.38. The summed E-state index contributed by atoms with van der Waals surface area (Å²) < 4.78 is 50.1. The largest absolute Gasteiger partial charge is 0.416 e. The van der Waals surface area contributed by atoms with E-state index in [0.717, 1.165) is 36.4 Å². The average molecular weight is 318 g/mol. The van der Waals surface area contributed by atoms with Gasteiger partial charge in [-0.2, -0.15) is 13.2 Å². The molecule has 0 saturated heterocycles. The highest BCUT2D eigenvalue weighted by Crippen LogP contribution is 2.30. The van der Waals surface area contributed by atoms with Crippen molar-refractivity contribution < 1.29 is 22.4 Å². The second kappa shape index (κ2) is 5.73. The highest BCUT2D eigenvalue weighted by atomic mass is 35.5. The molecule has 0 unspecified atom stereocenters. The molecule has 2 aromatic rings. The van der Waals surface area contributed by atoms with E-state index in [2.05, 4.69) is 5.32 Å². The van der Waals surface area contributed by atoms with Crippen LogP contribution in [0.4, 0.5) is 23.2 Å². The molecule has 0 fully saturated rings. The number of anilines is 1. The molecule has 2 rings (SSSR count). The van der Waals surface area contributed by atoms with Gasteiger partial charge in [-0.05, 0) is 42.5 Å². The van der Waals surface area contributed by atoms with Gasteiger partial charge in [0.25, 0.3) is 5.91 Å². The molecule has 1 N–H and O–H groups in total. The molecule has 0 aliphatic carbocycles. The molecular formula is C14H8ClF4NO. The van der Waals surface area contributed by atoms with Crippen molar-refractivity contribution in [3.05, 3.63) is 64.4 Å². The van der Waals surface area contributed by atoms with E-state index < -0.39 is 23.5 Å². The molecule has 0 aliphatic rings. The van der Waals surface area contributed by atoms with Crippen LogP contribution in [0.25, 0.3) is 0 Å². The zero-order chi connectivity index (χ0) is 15.6. The number of hydrogen-bond acceptors (Lipinski definition) is 1. The Morgan fingerprint density at radius 1 is 1.05 bits per heavy atom. The normalized spacial score (nSPS) is 11.3. The van der Waals surface area contributed by atoms with Gasteiger partial charge in [-0.25, -0.2) is 4.39 Å². The van der Waals surface area contributed by atoms with Crippen molar-refractivity contribution in [2.24, 2.45) is 0 Å². The molecule has 7 heteroatoms. The van der Waals surface area contributed by atoms with Gasteiger partial charge in [0.05, 0.1) is 16.1 Å². The highest BCUT2D eigenvalue weighted by Gasteiger charge is 2.30. The van der Waals surface area contributed by atoms with Crippen LogP contribution in [0.2, 0.25) is 5.02 Å². The van der Waals surface area contributed by atoms with E-state index in [1.807, 2.05) is 0 Å². The molecule has 0 saturated carbocycles. The fourth-order valence-electron chi connectivity index (χ4n) is 1.61. The van der Waals surface area contributed by atoms with Gasteiger partial charge in [-0.15, -0.1) is 0 Å². The van der Waals surface area contributed by atoms with Gasteiger partial charge >= 0.3 is 6.18 Å². The van der Waals surface area contributed by atoms with Crippen molar-refractivity contribution in [3.63, 3.8) is 0 Å². The maximum atomic E-state index is 12.9. The molecule has 2 nitrogen and oxygen atoms in total. The molecule has 110 valence electrons. The molecule has 0 heterocycles. The van der Waals surface area contributed by atoms with Gasteiger partial charge in [-0.1, -0.05) is 11.6 Å². The lowest BCUT2D eigenvalue weighted by Crippen LogP contribution is -2.13. The maximum Gasteiger partial charge on any atom is 0.416 e. The summed E-state index contributed by atoms with van der Waals surface area (Å²) in [6.07, 6.45) is -4.44. The summed E-state index contributed by atoms with van der Waals surface area (Å²) in [5, 5.41) is 2.30. The Labute approximate surface area is 122 Å². The topological polar surface area (TPSA) is 29.1 Å². The number of nitrogens with one attached hydrogen (secondary N) is 1. The second-order valence-corrected chi connectivity index (χ2v) is 4.56. The van der Waals surface area contributed by atoms with Crippen LogP contribution in [0.3, 0.4) is 0 Å². The number of benzene rings is 2. The van der Waals surface area contributed by atoms with Crippen molar-refractivity contribution in [1.29, 1.82) is 0 Å². The predicted octanol–water partition coefficient (Wildman–Crippen LogP) is 4.75. The zero-order valence-electron chi connectivity index (χ0n) is 10.3. The molecule has 0 aliphatic heterocycles. The Kier molecular flexibility index (Phi) is 4.18. The summed E-state index contributed by atoms with van der Waals surface area (Å²) in [6.45, 7) is 0. The van der Waals surface area contributed by atoms with E-state index in [0.29, 0.717) is 0 Å². The number of carbonyl (C=O) groups is 1. The first kappa shape index (κ1) is 15.3. The molecule has 21 heavy (non-hydrogen) atoms. The molecular weight excluding hydrogens is 310 g/mol. The third kappa shape index (κ3) is 3.72. The summed E-state index contributed by atoms with van der Waals surface area (Å²) in [7, 11) is 0. The standard InChI is InChI=1S/C14H8ClF4NO/c15-12-7-9(16)3-6-11(12)13(21)20-10-4-1-8(2-5-10)14(17,18)19/h1-7H,(H,20,21). The number of carbonyl (C=O) groups excluding carboxylic acids is 1. The summed E-state index contributed by atoms with van der Waals surface area (Å²) in [5.74, 6) is -1.23. The minimum absolute atomic E-state index is 0.0259. The molecule has 2 aromatic carbocycles. The summed E-state index contributed by atoms with van der Waals surface area (Å²) in [5.41, 5.74) is -0.619. The Morgan fingerprint density at radius 2 is 1.67 bits per heavy atom. The van der Waals surface area contributed by atoms with Gasteiger partial charge in [0.2, 0.25) is 0 Å². The lowest BCUT2D eigenvalue weighted by molar-refractivity contribution is -0.137. The first-order valence-electron chi connectivity index (χ1n) is 5.71. The van der Waals surface area contributed by atoms with Crippen molar-refractivity contribution >= 4 is 23.2 Å². The Balaban J connectivity index is 2.16. The molecule has 0 spiro atoms. The predicted molar refractivity (Wildman–Crippen MR) is 70.8 cm³/mol. The van der Waals surface area contributed by atoms with Crippen LogP contribution < -0.4 is 5.32 Å². The van der Waals surface area contributed by atoms with E-state index in [1.54, 1.807) is 0 Å². The number of halogens is 5.